The van der Waals surface area contributed by atoms with Crippen molar-refractivity contribution in [2.24, 2.45) is 0 Å². The van der Waals surface area contributed by atoms with Crippen molar-refractivity contribution in [1.29, 1.82) is 0 Å². The second-order valence-electron chi connectivity index (χ2n) is 4.65. The van der Waals surface area contributed by atoms with E-state index in [1.807, 2.05) is 13.8 Å². The van der Waals surface area contributed by atoms with Gasteiger partial charge in [0, 0.05) is 12.0 Å². The lowest BCUT2D eigenvalue weighted by atomic mass is 9.99. The van der Waals surface area contributed by atoms with Crippen molar-refractivity contribution < 1.29 is 9.18 Å². The van der Waals surface area contributed by atoms with Crippen LogP contribution in [0.15, 0.2) is 36.4 Å². The van der Waals surface area contributed by atoms with E-state index in [0.29, 0.717) is 16.1 Å². The van der Waals surface area contributed by atoms with Gasteiger partial charge < -0.3 is 0 Å². The molecule has 0 aliphatic rings. The van der Waals surface area contributed by atoms with Crippen molar-refractivity contribution in [2.45, 2.75) is 20.3 Å². The fourth-order valence-corrected chi connectivity index (χ4v) is 2.25. The first-order chi connectivity index (χ1) is 8.97. The minimum absolute atomic E-state index is 0.0984. The smallest absolute Gasteiger partial charge is 0.168 e. The first kappa shape index (κ1) is 13.8. The first-order valence-corrected chi connectivity index (χ1v) is 6.39. The molecule has 0 spiro atoms. The summed E-state index contributed by atoms with van der Waals surface area (Å²) >= 11 is 6.10. The van der Waals surface area contributed by atoms with E-state index in [2.05, 4.69) is 0 Å². The summed E-state index contributed by atoms with van der Waals surface area (Å²) in [5, 5.41) is 0.449. The highest BCUT2D eigenvalue weighted by Gasteiger charge is 2.13. The van der Waals surface area contributed by atoms with Crippen molar-refractivity contribution >= 4 is 17.4 Å². The predicted octanol–water partition coefficient (Wildman–Crippen LogP) is 4.52. The van der Waals surface area contributed by atoms with E-state index in [-0.39, 0.29) is 18.0 Å². The molecule has 0 aliphatic heterocycles. The summed E-state index contributed by atoms with van der Waals surface area (Å²) in [4.78, 5) is 12.2. The molecule has 0 fully saturated rings. The van der Waals surface area contributed by atoms with Gasteiger partial charge in [0.2, 0.25) is 0 Å². The minimum Gasteiger partial charge on any atom is -0.294 e. The maximum absolute atomic E-state index is 13.1. The molecule has 2 aromatic carbocycles. The number of aryl methyl sites for hydroxylation is 2. The quantitative estimate of drug-likeness (QED) is 0.753. The number of ketones is 1. The van der Waals surface area contributed by atoms with Crippen LogP contribution in [0.4, 0.5) is 4.39 Å². The SMILES string of the molecule is Cc1cc(Cl)c(C(=O)Cc2cccc(F)c2)cc1C. The van der Waals surface area contributed by atoms with Crippen LogP contribution in [0.1, 0.15) is 27.0 Å². The van der Waals surface area contributed by atoms with Crippen LogP contribution in [0.3, 0.4) is 0 Å². The maximum atomic E-state index is 13.1. The summed E-state index contributed by atoms with van der Waals surface area (Å²) in [5.74, 6) is -0.435. The summed E-state index contributed by atoms with van der Waals surface area (Å²) < 4.78 is 13.1. The molecule has 0 unspecified atom stereocenters. The van der Waals surface area contributed by atoms with E-state index in [9.17, 15) is 9.18 Å². The Hall–Kier alpha value is -1.67. The molecule has 19 heavy (non-hydrogen) atoms. The van der Waals surface area contributed by atoms with Gasteiger partial charge in [0.15, 0.2) is 5.78 Å². The van der Waals surface area contributed by atoms with Crippen LogP contribution >= 0.6 is 11.6 Å². The van der Waals surface area contributed by atoms with Crippen molar-refractivity contribution in [3.05, 3.63) is 69.5 Å². The van der Waals surface area contributed by atoms with E-state index in [0.717, 1.165) is 11.1 Å². The Balaban J connectivity index is 2.28. The number of hydrogen-bond acceptors (Lipinski definition) is 1. The van der Waals surface area contributed by atoms with Crippen LogP contribution in [0.25, 0.3) is 0 Å². The van der Waals surface area contributed by atoms with Crippen molar-refractivity contribution in [1.82, 2.24) is 0 Å². The molecular weight excluding hydrogens is 263 g/mol. The summed E-state index contributed by atoms with van der Waals surface area (Å²) in [6.07, 6.45) is 0.153. The monoisotopic (exact) mass is 276 g/mol. The van der Waals surface area contributed by atoms with Crippen molar-refractivity contribution in [3.63, 3.8) is 0 Å². The predicted molar refractivity (Wildman–Crippen MR) is 75.4 cm³/mol. The Morgan fingerprint density at radius 3 is 2.53 bits per heavy atom. The summed E-state index contributed by atoms with van der Waals surface area (Å²) in [6, 6.07) is 9.63. The zero-order valence-corrected chi connectivity index (χ0v) is 11.6. The molecule has 0 aliphatic carbocycles. The van der Waals surface area contributed by atoms with E-state index in [4.69, 9.17) is 11.6 Å². The van der Waals surface area contributed by atoms with Gasteiger partial charge in [-0.3, -0.25) is 4.79 Å². The van der Waals surface area contributed by atoms with E-state index in [1.54, 1.807) is 24.3 Å². The van der Waals surface area contributed by atoms with Crippen LogP contribution in [0, 0.1) is 19.7 Å². The average Bonchev–Trinajstić information content (AvgIpc) is 2.33. The highest BCUT2D eigenvalue weighted by atomic mass is 35.5. The molecular formula is C16H14ClFO. The summed E-state index contributed by atoms with van der Waals surface area (Å²) in [5.41, 5.74) is 3.22. The highest BCUT2D eigenvalue weighted by Crippen LogP contribution is 2.22. The van der Waals surface area contributed by atoms with Crippen LogP contribution in [0.2, 0.25) is 5.02 Å². The Morgan fingerprint density at radius 2 is 1.84 bits per heavy atom. The lowest BCUT2D eigenvalue weighted by molar-refractivity contribution is 0.0993. The van der Waals surface area contributed by atoms with Crippen LogP contribution in [-0.2, 0) is 6.42 Å². The van der Waals surface area contributed by atoms with Crippen molar-refractivity contribution in [3.8, 4) is 0 Å². The lowest BCUT2D eigenvalue weighted by Gasteiger charge is -2.08. The molecule has 0 N–H and O–H groups in total. The van der Waals surface area contributed by atoms with Gasteiger partial charge >= 0.3 is 0 Å². The molecule has 0 saturated heterocycles. The molecule has 3 heteroatoms. The highest BCUT2D eigenvalue weighted by molar-refractivity contribution is 6.34. The van der Waals surface area contributed by atoms with E-state index >= 15 is 0 Å². The normalized spacial score (nSPS) is 10.5. The molecule has 2 rings (SSSR count). The second kappa shape index (κ2) is 5.54. The number of rotatable bonds is 3. The van der Waals surface area contributed by atoms with Gasteiger partial charge in [-0.15, -0.1) is 0 Å². The third-order valence-corrected chi connectivity index (χ3v) is 3.45. The lowest BCUT2D eigenvalue weighted by Crippen LogP contribution is -2.05. The zero-order chi connectivity index (χ0) is 14.0. The topological polar surface area (TPSA) is 17.1 Å². The number of halogens is 2. The maximum Gasteiger partial charge on any atom is 0.168 e. The molecule has 1 nitrogen and oxygen atoms in total. The number of carbonyl (C=O) groups excluding carboxylic acids is 1. The van der Waals surface area contributed by atoms with Gasteiger partial charge in [0.25, 0.3) is 0 Å². The number of Topliss-reactive ketones (excluding diaryl/α,β-unsaturated/α-hetero) is 1. The second-order valence-corrected chi connectivity index (χ2v) is 5.05. The first-order valence-electron chi connectivity index (χ1n) is 6.02. The Bertz CT molecular complexity index is 635. The molecule has 0 amide bonds. The molecule has 98 valence electrons. The zero-order valence-electron chi connectivity index (χ0n) is 10.8. The van der Waals surface area contributed by atoms with Crippen LogP contribution in [0.5, 0.6) is 0 Å². The van der Waals surface area contributed by atoms with Gasteiger partial charge in [-0.2, -0.15) is 0 Å². The largest absolute Gasteiger partial charge is 0.294 e. The fraction of sp³-hybridized carbons (Fsp3) is 0.188. The van der Waals surface area contributed by atoms with Gasteiger partial charge in [-0.1, -0.05) is 23.7 Å². The standard InChI is InChI=1S/C16H14ClFO/c1-10-6-14(15(17)7-11(10)2)16(19)9-12-4-3-5-13(18)8-12/h3-8H,9H2,1-2H3. The van der Waals surface area contributed by atoms with Crippen molar-refractivity contribution in [2.75, 3.05) is 0 Å². The Morgan fingerprint density at radius 1 is 1.16 bits per heavy atom. The van der Waals surface area contributed by atoms with E-state index < -0.39 is 0 Å². The fourth-order valence-electron chi connectivity index (χ4n) is 1.92. The third-order valence-electron chi connectivity index (χ3n) is 3.14. The van der Waals surface area contributed by atoms with Gasteiger partial charge in [0.1, 0.15) is 5.82 Å². The molecule has 2 aromatic rings. The van der Waals surface area contributed by atoms with Gasteiger partial charge in [0.05, 0.1) is 5.02 Å². The molecule has 0 radical (unpaired) electrons. The molecule has 0 saturated carbocycles. The van der Waals surface area contributed by atoms with E-state index in [1.165, 1.54) is 12.1 Å². The molecule has 0 atom stereocenters. The van der Waals surface area contributed by atoms with Gasteiger partial charge in [-0.25, -0.2) is 4.39 Å². The van der Waals surface area contributed by atoms with Gasteiger partial charge in [-0.05, 0) is 54.8 Å². The summed E-state index contributed by atoms with van der Waals surface area (Å²) in [7, 11) is 0. The Kier molecular flexibility index (Phi) is 4.01. The molecule has 0 bridgehead atoms. The van der Waals surface area contributed by atoms with Crippen LogP contribution in [-0.4, -0.2) is 5.78 Å². The third kappa shape index (κ3) is 3.21. The minimum atomic E-state index is -0.337. The number of carbonyl (C=O) groups is 1. The molecule has 0 heterocycles. The number of benzene rings is 2. The molecule has 0 aromatic heterocycles. The van der Waals surface area contributed by atoms with Crippen LogP contribution < -0.4 is 0 Å². The average molecular weight is 277 g/mol. The number of hydrogen-bond donors (Lipinski definition) is 0. The Labute approximate surface area is 117 Å². The summed E-state index contributed by atoms with van der Waals surface area (Å²) in [6.45, 7) is 3.88.